The summed E-state index contributed by atoms with van der Waals surface area (Å²) in [5, 5.41) is 3.14. The second-order valence-corrected chi connectivity index (χ2v) is 1.55. The largest absolute Gasteiger partial charge is 0.309 e. The molecule has 0 unspecified atom stereocenters. The number of hydrogen-bond donors (Lipinski definition) is 1. The zero-order chi connectivity index (χ0) is 4.41. The van der Waals surface area contributed by atoms with E-state index in [-0.39, 0.29) is 12.4 Å². The van der Waals surface area contributed by atoms with E-state index in [1.165, 1.54) is 5.57 Å². The second kappa shape index (κ2) is 3.05. The van der Waals surface area contributed by atoms with Crippen LogP contribution in [0.15, 0.2) is 11.6 Å². The predicted octanol–water partition coefficient (Wildman–Crippen LogP) is 0.958. The third-order valence-electron chi connectivity index (χ3n) is 1.11. The van der Waals surface area contributed by atoms with Crippen molar-refractivity contribution in [1.82, 2.24) is 5.32 Å². The summed E-state index contributed by atoms with van der Waals surface area (Å²) in [5.74, 6) is 0. The van der Waals surface area contributed by atoms with E-state index in [9.17, 15) is 0 Å². The van der Waals surface area contributed by atoms with Gasteiger partial charge in [0.25, 0.3) is 0 Å². The first-order valence-electron chi connectivity index (χ1n) is 2.28. The van der Waals surface area contributed by atoms with Crippen LogP contribution in [0.1, 0.15) is 6.92 Å². The fourth-order valence-corrected chi connectivity index (χ4v) is 0.473. The molecule has 2 heteroatoms. The number of nitrogens with one attached hydrogen (secondary N) is 1. The van der Waals surface area contributed by atoms with Gasteiger partial charge >= 0.3 is 0 Å². The van der Waals surface area contributed by atoms with E-state index in [1.807, 2.05) is 0 Å². The highest BCUT2D eigenvalue weighted by molar-refractivity contribution is 5.85. The van der Waals surface area contributed by atoms with Crippen LogP contribution in [0.25, 0.3) is 0 Å². The minimum Gasteiger partial charge on any atom is -0.309 e. The first kappa shape index (κ1) is 6.99. The van der Waals surface area contributed by atoms with Crippen LogP contribution in [0.5, 0.6) is 0 Å². The molecule has 0 saturated carbocycles. The predicted molar refractivity (Wildman–Crippen MR) is 33.9 cm³/mol. The highest BCUT2D eigenvalue weighted by Gasteiger charge is 2.02. The van der Waals surface area contributed by atoms with Gasteiger partial charge in [-0.1, -0.05) is 6.08 Å². The summed E-state index contributed by atoms with van der Waals surface area (Å²) in [6.45, 7) is 4.32. The Bertz CT molecular complexity index is 72.1. The van der Waals surface area contributed by atoms with Gasteiger partial charge in [0.05, 0.1) is 0 Å². The van der Waals surface area contributed by atoms with Gasteiger partial charge in [-0.2, -0.15) is 0 Å². The SMILES string of the molecule is CC=C1CNC1.Cl. The third kappa shape index (κ3) is 1.49. The van der Waals surface area contributed by atoms with Gasteiger partial charge in [-0.15, -0.1) is 12.4 Å². The Labute approximate surface area is 50.2 Å². The van der Waals surface area contributed by atoms with Gasteiger partial charge in [0.1, 0.15) is 0 Å². The number of allylic oxidation sites excluding steroid dienone is 1. The van der Waals surface area contributed by atoms with E-state index in [0.29, 0.717) is 0 Å². The number of rotatable bonds is 0. The summed E-state index contributed by atoms with van der Waals surface area (Å²) >= 11 is 0. The Morgan fingerprint density at radius 1 is 1.57 bits per heavy atom. The van der Waals surface area contributed by atoms with E-state index in [0.717, 1.165) is 13.1 Å². The van der Waals surface area contributed by atoms with Crippen LogP contribution in [0.4, 0.5) is 0 Å². The molecule has 1 N–H and O–H groups in total. The summed E-state index contributed by atoms with van der Waals surface area (Å²) < 4.78 is 0. The summed E-state index contributed by atoms with van der Waals surface area (Å²) in [5.41, 5.74) is 1.54. The molecule has 1 nitrogen and oxygen atoms in total. The van der Waals surface area contributed by atoms with E-state index in [1.54, 1.807) is 0 Å². The highest BCUT2D eigenvalue weighted by atomic mass is 35.5. The summed E-state index contributed by atoms with van der Waals surface area (Å²) in [4.78, 5) is 0. The van der Waals surface area contributed by atoms with Gasteiger partial charge in [-0.05, 0) is 12.5 Å². The smallest absolute Gasteiger partial charge is 0.0180 e. The highest BCUT2D eigenvalue weighted by Crippen LogP contribution is 1.97. The minimum atomic E-state index is 0. The molecule has 0 aromatic carbocycles. The molecule has 0 spiro atoms. The molecule has 0 bridgehead atoms. The molecular formula is C5H10ClN. The first-order valence-corrected chi connectivity index (χ1v) is 2.28. The molecular weight excluding hydrogens is 110 g/mol. The fraction of sp³-hybridized carbons (Fsp3) is 0.600. The van der Waals surface area contributed by atoms with Crippen LogP contribution in [0, 0.1) is 0 Å². The van der Waals surface area contributed by atoms with Crippen molar-refractivity contribution >= 4 is 12.4 Å². The van der Waals surface area contributed by atoms with Gasteiger partial charge < -0.3 is 5.32 Å². The normalized spacial score (nSPS) is 17.0. The van der Waals surface area contributed by atoms with Gasteiger partial charge in [0.2, 0.25) is 0 Å². The van der Waals surface area contributed by atoms with E-state index in [2.05, 4.69) is 18.3 Å². The van der Waals surface area contributed by atoms with Gasteiger partial charge in [0.15, 0.2) is 0 Å². The van der Waals surface area contributed by atoms with Crippen LogP contribution in [0.3, 0.4) is 0 Å². The van der Waals surface area contributed by atoms with Crippen molar-refractivity contribution in [2.45, 2.75) is 6.92 Å². The summed E-state index contributed by atoms with van der Waals surface area (Å²) in [7, 11) is 0. The Hall–Kier alpha value is -0.0100. The molecule has 1 rings (SSSR count). The van der Waals surface area contributed by atoms with E-state index in [4.69, 9.17) is 0 Å². The van der Waals surface area contributed by atoms with E-state index >= 15 is 0 Å². The quantitative estimate of drug-likeness (QED) is 0.469. The standard InChI is InChI=1S/C5H9N.ClH/c1-2-5-3-6-4-5;/h2,6H,3-4H2,1H3;1H. The van der Waals surface area contributed by atoms with Crippen LogP contribution >= 0.6 is 12.4 Å². The van der Waals surface area contributed by atoms with E-state index < -0.39 is 0 Å². The molecule has 7 heavy (non-hydrogen) atoms. The van der Waals surface area contributed by atoms with Crippen LogP contribution < -0.4 is 5.32 Å². The van der Waals surface area contributed by atoms with Gasteiger partial charge in [0, 0.05) is 13.1 Å². The summed E-state index contributed by atoms with van der Waals surface area (Å²) in [6, 6.07) is 0. The molecule has 0 aromatic heterocycles. The maximum atomic E-state index is 3.14. The topological polar surface area (TPSA) is 12.0 Å². The molecule has 1 saturated heterocycles. The van der Waals surface area contributed by atoms with Crippen LogP contribution in [0.2, 0.25) is 0 Å². The Kier molecular flexibility index (Phi) is 3.05. The molecule has 0 atom stereocenters. The lowest BCUT2D eigenvalue weighted by Crippen LogP contribution is -2.33. The van der Waals surface area contributed by atoms with Crippen LogP contribution in [-0.2, 0) is 0 Å². The zero-order valence-corrected chi connectivity index (χ0v) is 5.22. The van der Waals surface area contributed by atoms with Crippen molar-refractivity contribution in [2.24, 2.45) is 0 Å². The fourth-order valence-electron chi connectivity index (χ4n) is 0.473. The van der Waals surface area contributed by atoms with Gasteiger partial charge in [-0.25, -0.2) is 0 Å². The molecule has 0 amide bonds. The average Bonchev–Trinajstić information content (AvgIpc) is 1.31. The van der Waals surface area contributed by atoms with Crippen molar-refractivity contribution in [3.05, 3.63) is 11.6 Å². The Morgan fingerprint density at radius 2 is 2.14 bits per heavy atom. The summed E-state index contributed by atoms with van der Waals surface area (Å²) in [6.07, 6.45) is 2.16. The van der Waals surface area contributed by atoms with Crippen molar-refractivity contribution in [3.8, 4) is 0 Å². The molecule has 0 radical (unpaired) electrons. The van der Waals surface area contributed by atoms with Crippen molar-refractivity contribution in [1.29, 1.82) is 0 Å². The number of halogens is 1. The first-order chi connectivity index (χ1) is 2.93. The van der Waals surface area contributed by atoms with Crippen molar-refractivity contribution < 1.29 is 0 Å². The molecule has 1 aliphatic heterocycles. The second-order valence-electron chi connectivity index (χ2n) is 1.55. The molecule has 42 valence electrons. The monoisotopic (exact) mass is 119 g/mol. The lowest BCUT2D eigenvalue weighted by molar-refractivity contribution is 0.667. The van der Waals surface area contributed by atoms with Crippen LogP contribution in [-0.4, -0.2) is 13.1 Å². The van der Waals surface area contributed by atoms with Gasteiger partial charge in [-0.3, -0.25) is 0 Å². The Balaban J connectivity index is 0.000000360. The Morgan fingerprint density at radius 3 is 2.14 bits per heavy atom. The maximum Gasteiger partial charge on any atom is 0.0180 e. The molecule has 1 fully saturated rings. The lowest BCUT2D eigenvalue weighted by atomic mass is 10.1. The van der Waals surface area contributed by atoms with Crippen molar-refractivity contribution in [3.63, 3.8) is 0 Å². The maximum absolute atomic E-state index is 3.14. The average molecular weight is 120 g/mol. The molecule has 0 aliphatic carbocycles. The lowest BCUT2D eigenvalue weighted by Gasteiger charge is -2.16. The molecule has 0 aromatic rings. The minimum absolute atomic E-state index is 0. The third-order valence-corrected chi connectivity index (χ3v) is 1.11. The van der Waals surface area contributed by atoms with Crippen molar-refractivity contribution in [2.75, 3.05) is 13.1 Å². The number of hydrogen-bond acceptors (Lipinski definition) is 1. The molecule has 1 aliphatic rings. The molecule has 1 heterocycles. The zero-order valence-electron chi connectivity index (χ0n) is 4.40.